The molecule has 0 bridgehead atoms. The van der Waals surface area contributed by atoms with Gasteiger partial charge in [-0.1, -0.05) is 0 Å². The number of hydrogen-bond acceptors (Lipinski definition) is 6. The highest BCUT2D eigenvalue weighted by atomic mass is 16.8. The molecule has 20 heavy (non-hydrogen) atoms. The minimum atomic E-state index is -0.558. The third kappa shape index (κ3) is 3.25. The second-order valence-electron chi connectivity index (χ2n) is 3.88. The number of benzene rings is 2. The number of hydrogen-bond donors (Lipinski definition) is 1. The van der Waals surface area contributed by atoms with Crippen LogP contribution in [-0.4, -0.2) is 18.3 Å². The molecule has 0 aliphatic heterocycles. The first kappa shape index (κ1) is 13.9. The van der Waals surface area contributed by atoms with Crippen molar-refractivity contribution < 1.29 is 19.5 Å². The molecule has 6 heteroatoms. The van der Waals surface area contributed by atoms with Gasteiger partial charge in [0, 0.05) is 0 Å². The third-order valence-electron chi connectivity index (χ3n) is 2.59. The summed E-state index contributed by atoms with van der Waals surface area (Å²) in [6.07, 6.45) is 0. The van der Waals surface area contributed by atoms with E-state index in [9.17, 15) is 10.0 Å². The molecule has 0 atom stereocenters. The number of carbonyl (C=O) groups excluding carboxylic acids is 1. The minimum absolute atomic E-state index is 0.0333. The van der Waals surface area contributed by atoms with Crippen molar-refractivity contribution >= 4 is 11.7 Å². The van der Waals surface area contributed by atoms with E-state index in [1.165, 1.54) is 24.3 Å². The Labute approximate surface area is 115 Å². The number of carbonyl (C=O) groups is 1. The summed E-state index contributed by atoms with van der Waals surface area (Å²) in [4.78, 5) is 11.8. The first-order valence-corrected chi connectivity index (χ1v) is 5.72. The fraction of sp³-hybridized carbons (Fsp3) is 0.0714. The highest BCUT2D eigenvalue weighted by molar-refractivity contribution is 5.91. The molecule has 0 heterocycles. The molecule has 0 aromatic heterocycles. The summed E-state index contributed by atoms with van der Waals surface area (Å²) < 4.78 is 10.1. The van der Waals surface area contributed by atoms with Crippen molar-refractivity contribution in [2.75, 3.05) is 12.3 Å². The van der Waals surface area contributed by atoms with Crippen LogP contribution in [0.25, 0.3) is 0 Å². The topological polar surface area (TPSA) is 82.1 Å². The molecule has 0 unspecified atom stereocenters. The average Bonchev–Trinajstić information content (AvgIpc) is 2.48. The molecule has 0 fully saturated rings. The van der Waals surface area contributed by atoms with Gasteiger partial charge in [-0.05, 0) is 48.5 Å². The van der Waals surface area contributed by atoms with Gasteiger partial charge in [-0.3, -0.25) is 5.21 Å². The van der Waals surface area contributed by atoms with Gasteiger partial charge in [0.1, 0.15) is 11.5 Å². The fourth-order valence-corrected chi connectivity index (χ4v) is 1.53. The van der Waals surface area contributed by atoms with Crippen LogP contribution in [0.2, 0.25) is 0 Å². The predicted molar refractivity (Wildman–Crippen MR) is 72.0 cm³/mol. The zero-order valence-electron chi connectivity index (χ0n) is 10.6. The molecule has 0 spiro atoms. The summed E-state index contributed by atoms with van der Waals surface area (Å²) in [5, 5.41) is 19.0. The minimum Gasteiger partial charge on any atom is -0.733 e. The molecule has 0 saturated heterocycles. The monoisotopic (exact) mass is 274 g/mol. The molecule has 2 aromatic rings. The predicted octanol–water partition coefficient (Wildman–Crippen LogP) is 2.61. The van der Waals surface area contributed by atoms with Crippen LogP contribution in [0.3, 0.4) is 0 Å². The van der Waals surface area contributed by atoms with E-state index in [4.69, 9.17) is 14.7 Å². The molecule has 0 aliphatic carbocycles. The number of esters is 1. The Balaban J connectivity index is 2.07. The Bertz CT molecular complexity index is 578. The highest BCUT2D eigenvalue weighted by Gasteiger charge is 2.08. The Morgan fingerprint density at radius 1 is 1.05 bits per heavy atom. The van der Waals surface area contributed by atoms with Gasteiger partial charge in [-0.25, -0.2) is 4.79 Å². The summed E-state index contributed by atoms with van der Waals surface area (Å²) >= 11 is 0. The molecular formula is C14H12NO5-. The number of rotatable bonds is 4. The standard InChI is InChI=1S/C14H12NO5/c1-19-12-6-8-13(9-7-12)20-14(16)10-2-4-11(5-3-10)15(17)18/h2-9,17H,1H3/q-1. The molecule has 0 amide bonds. The lowest BCUT2D eigenvalue weighted by molar-refractivity contribution is 0.0734. The van der Waals surface area contributed by atoms with Crippen LogP contribution >= 0.6 is 0 Å². The van der Waals surface area contributed by atoms with Crippen molar-refractivity contribution in [2.24, 2.45) is 0 Å². The normalized spacial score (nSPS) is 9.95. The van der Waals surface area contributed by atoms with Crippen LogP contribution in [-0.2, 0) is 0 Å². The van der Waals surface area contributed by atoms with Crippen LogP contribution in [0.4, 0.5) is 5.69 Å². The fourth-order valence-electron chi connectivity index (χ4n) is 1.53. The SMILES string of the molecule is COc1ccc(OC(=O)c2ccc(N([O-])O)cc2)cc1. The zero-order chi connectivity index (χ0) is 14.5. The van der Waals surface area contributed by atoms with E-state index in [0.717, 1.165) is 0 Å². The van der Waals surface area contributed by atoms with Crippen molar-refractivity contribution in [3.8, 4) is 11.5 Å². The largest absolute Gasteiger partial charge is 0.733 e. The maximum absolute atomic E-state index is 11.8. The van der Waals surface area contributed by atoms with E-state index in [2.05, 4.69) is 0 Å². The van der Waals surface area contributed by atoms with E-state index in [1.807, 2.05) is 0 Å². The summed E-state index contributed by atoms with van der Waals surface area (Å²) in [6, 6.07) is 12.0. The van der Waals surface area contributed by atoms with Crippen molar-refractivity contribution in [2.45, 2.75) is 0 Å². The van der Waals surface area contributed by atoms with Gasteiger partial charge in [0.25, 0.3) is 0 Å². The number of anilines is 1. The summed E-state index contributed by atoms with van der Waals surface area (Å²) in [6.45, 7) is 0. The molecule has 0 radical (unpaired) electrons. The molecule has 6 nitrogen and oxygen atoms in total. The molecular weight excluding hydrogens is 262 g/mol. The van der Waals surface area contributed by atoms with Gasteiger partial charge < -0.3 is 19.9 Å². The smallest absolute Gasteiger partial charge is 0.343 e. The molecule has 104 valence electrons. The van der Waals surface area contributed by atoms with Gasteiger partial charge in [0.2, 0.25) is 0 Å². The van der Waals surface area contributed by atoms with E-state index in [0.29, 0.717) is 11.5 Å². The van der Waals surface area contributed by atoms with Gasteiger partial charge >= 0.3 is 5.97 Å². The first-order chi connectivity index (χ1) is 9.60. The van der Waals surface area contributed by atoms with Crippen molar-refractivity contribution in [3.05, 3.63) is 59.3 Å². The molecule has 2 aromatic carbocycles. The van der Waals surface area contributed by atoms with Gasteiger partial charge in [0.15, 0.2) is 0 Å². The highest BCUT2D eigenvalue weighted by Crippen LogP contribution is 2.19. The Morgan fingerprint density at radius 3 is 2.10 bits per heavy atom. The van der Waals surface area contributed by atoms with Crippen LogP contribution in [0.15, 0.2) is 48.5 Å². The second-order valence-corrected chi connectivity index (χ2v) is 3.88. The molecule has 2 rings (SSSR count). The average molecular weight is 274 g/mol. The van der Waals surface area contributed by atoms with Crippen LogP contribution < -0.4 is 14.7 Å². The summed E-state index contributed by atoms with van der Waals surface area (Å²) in [5.74, 6) is 0.484. The maximum Gasteiger partial charge on any atom is 0.343 e. The maximum atomic E-state index is 11.8. The number of ether oxygens (including phenoxy) is 2. The Kier molecular flexibility index (Phi) is 4.19. The summed E-state index contributed by atoms with van der Waals surface area (Å²) in [7, 11) is 1.54. The quantitative estimate of drug-likeness (QED) is 0.524. The first-order valence-electron chi connectivity index (χ1n) is 5.72. The zero-order valence-corrected chi connectivity index (χ0v) is 10.6. The van der Waals surface area contributed by atoms with Gasteiger partial charge in [0.05, 0.1) is 18.4 Å². The third-order valence-corrected chi connectivity index (χ3v) is 2.59. The lowest BCUT2D eigenvalue weighted by Gasteiger charge is -2.21. The van der Waals surface area contributed by atoms with Crippen LogP contribution in [0, 0.1) is 5.21 Å². The van der Waals surface area contributed by atoms with Crippen molar-refractivity contribution in [1.29, 1.82) is 0 Å². The number of methoxy groups -OCH3 is 1. The van der Waals surface area contributed by atoms with Gasteiger partial charge in [-0.2, -0.15) is 0 Å². The van der Waals surface area contributed by atoms with E-state index >= 15 is 0 Å². The van der Waals surface area contributed by atoms with Crippen molar-refractivity contribution in [1.82, 2.24) is 0 Å². The molecule has 0 aliphatic rings. The van der Waals surface area contributed by atoms with E-state index < -0.39 is 5.97 Å². The van der Waals surface area contributed by atoms with Crippen LogP contribution in [0.5, 0.6) is 11.5 Å². The van der Waals surface area contributed by atoms with E-state index in [1.54, 1.807) is 31.4 Å². The Hall–Kier alpha value is -2.57. The molecule has 1 N–H and O–H groups in total. The van der Waals surface area contributed by atoms with Gasteiger partial charge in [-0.15, -0.1) is 0 Å². The Morgan fingerprint density at radius 2 is 1.60 bits per heavy atom. The lowest BCUT2D eigenvalue weighted by atomic mass is 10.2. The van der Waals surface area contributed by atoms with Crippen molar-refractivity contribution in [3.63, 3.8) is 0 Å². The number of nitrogens with zero attached hydrogens (tertiary/aromatic N) is 1. The van der Waals surface area contributed by atoms with Crippen LogP contribution in [0.1, 0.15) is 10.4 Å². The lowest BCUT2D eigenvalue weighted by Crippen LogP contribution is -2.10. The second kappa shape index (κ2) is 6.05. The summed E-state index contributed by atoms with van der Waals surface area (Å²) in [5.41, 5.74) is 0.303. The van der Waals surface area contributed by atoms with E-state index in [-0.39, 0.29) is 16.5 Å². The molecule has 0 saturated carbocycles.